The van der Waals surface area contributed by atoms with E-state index in [4.69, 9.17) is 4.98 Å². The van der Waals surface area contributed by atoms with E-state index in [9.17, 15) is 9.59 Å². The van der Waals surface area contributed by atoms with Crippen molar-refractivity contribution in [3.63, 3.8) is 0 Å². The Bertz CT molecular complexity index is 1480. The number of likely N-dealkylation sites (N-methyl/N-ethyl adjacent to an activating group) is 1. The zero-order chi connectivity index (χ0) is 22.4. The number of amides is 1. The van der Waals surface area contributed by atoms with E-state index >= 15 is 0 Å². The molecular formula is C25H17BrIN3O2. The molecule has 0 fully saturated rings. The molecule has 0 N–H and O–H groups in total. The molecule has 4 aromatic rings. The first kappa shape index (κ1) is 21.1. The fourth-order valence-electron chi connectivity index (χ4n) is 4.01. The summed E-state index contributed by atoms with van der Waals surface area (Å²) in [5.74, 6) is 0.319. The smallest absolute Gasteiger partial charge is 0.266 e. The first-order valence-electron chi connectivity index (χ1n) is 10.1. The predicted octanol–water partition coefficient (Wildman–Crippen LogP) is 5.66. The van der Waals surface area contributed by atoms with Crippen molar-refractivity contribution in [1.82, 2.24) is 9.55 Å². The van der Waals surface area contributed by atoms with Gasteiger partial charge < -0.3 is 4.90 Å². The Morgan fingerprint density at radius 2 is 1.81 bits per heavy atom. The Morgan fingerprint density at radius 3 is 2.56 bits per heavy atom. The Hall–Kier alpha value is -2.78. The van der Waals surface area contributed by atoms with E-state index in [0.717, 1.165) is 19.3 Å². The number of hydrogen-bond donors (Lipinski definition) is 0. The maximum Gasteiger partial charge on any atom is 0.266 e. The van der Waals surface area contributed by atoms with Gasteiger partial charge in [0, 0.05) is 20.2 Å². The van der Waals surface area contributed by atoms with E-state index < -0.39 is 0 Å². The number of benzene rings is 3. The van der Waals surface area contributed by atoms with Crippen LogP contribution < -0.4 is 10.5 Å². The lowest BCUT2D eigenvalue weighted by molar-refractivity contribution is -0.112. The van der Waals surface area contributed by atoms with E-state index in [2.05, 4.69) is 38.5 Å². The van der Waals surface area contributed by atoms with Crippen LogP contribution in [0.1, 0.15) is 18.3 Å². The lowest BCUT2D eigenvalue weighted by Gasteiger charge is -2.14. The van der Waals surface area contributed by atoms with Gasteiger partial charge in [0.25, 0.3) is 11.5 Å². The third-order valence-corrected chi connectivity index (χ3v) is 6.64. The van der Waals surface area contributed by atoms with Crippen LogP contribution in [-0.2, 0) is 4.79 Å². The van der Waals surface area contributed by atoms with E-state index in [-0.39, 0.29) is 11.5 Å². The third-order valence-electron chi connectivity index (χ3n) is 5.48. The molecule has 0 spiro atoms. The van der Waals surface area contributed by atoms with Gasteiger partial charge in [0.2, 0.25) is 0 Å². The van der Waals surface area contributed by atoms with Crippen LogP contribution in [0.3, 0.4) is 0 Å². The summed E-state index contributed by atoms with van der Waals surface area (Å²) in [4.78, 5) is 33.4. The second kappa shape index (κ2) is 8.29. The molecule has 5 rings (SSSR count). The normalized spacial score (nSPS) is 14.4. The number of rotatable bonds is 3. The molecule has 0 unspecified atom stereocenters. The molecule has 5 nitrogen and oxygen atoms in total. The van der Waals surface area contributed by atoms with Crippen molar-refractivity contribution in [2.45, 2.75) is 6.92 Å². The molecule has 0 aliphatic carbocycles. The minimum atomic E-state index is -0.168. The molecule has 0 saturated heterocycles. The van der Waals surface area contributed by atoms with Crippen LogP contribution in [0, 0.1) is 3.57 Å². The summed E-state index contributed by atoms with van der Waals surface area (Å²) in [6, 6.07) is 20.8. The van der Waals surface area contributed by atoms with E-state index in [0.29, 0.717) is 34.5 Å². The second-order valence-corrected chi connectivity index (χ2v) is 9.54. The highest BCUT2D eigenvalue weighted by Crippen LogP contribution is 2.39. The number of carbonyl (C=O) groups excluding carboxylic acids is 1. The van der Waals surface area contributed by atoms with Crippen molar-refractivity contribution in [1.29, 1.82) is 0 Å². The summed E-state index contributed by atoms with van der Waals surface area (Å²) in [5.41, 5.74) is 3.33. The average Bonchev–Trinajstić information content (AvgIpc) is 3.05. The fraction of sp³-hybridized carbons (Fsp3) is 0.0800. The SMILES string of the molecule is CCN1C(=O)C(=Cc2nc3ccc(I)cc3c(=O)n2-c2ccccc2)c2cc(Br)ccc21. The number of anilines is 1. The maximum atomic E-state index is 13.6. The Morgan fingerprint density at radius 1 is 1.03 bits per heavy atom. The van der Waals surface area contributed by atoms with Crippen LogP contribution in [0.5, 0.6) is 0 Å². The quantitative estimate of drug-likeness (QED) is 0.226. The van der Waals surface area contributed by atoms with Gasteiger partial charge in [-0.1, -0.05) is 34.1 Å². The number of hydrogen-bond acceptors (Lipinski definition) is 3. The summed E-state index contributed by atoms with van der Waals surface area (Å²) in [6.45, 7) is 2.50. The minimum absolute atomic E-state index is 0.0998. The molecule has 3 aromatic carbocycles. The van der Waals surface area contributed by atoms with Crippen molar-refractivity contribution >= 4 is 72.7 Å². The predicted molar refractivity (Wildman–Crippen MR) is 140 cm³/mol. The number of nitrogens with zero attached hydrogens (tertiary/aromatic N) is 3. The maximum absolute atomic E-state index is 13.6. The number of para-hydroxylation sites is 1. The van der Waals surface area contributed by atoms with Crippen molar-refractivity contribution in [2.75, 3.05) is 11.4 Å². The molecule has 1 aliphatic heterocycles. The van der Waals surface area contributed by atoms with Crippen LogP contribution in [0.25, 0.3) is 28.2 Å². The Balaban J connectivity index is 1.83. The Labute approximate surface area is 206 Å². The highest BCUT2D eigenvalue weighted by molar-refractivity contribution is 14.1. The van der Waals surface area contributed by atoms with Gasteiger partial charge in [-0.2, -0.15) is 0 Å². The summed E-state index contributed by atoms with van der Waals surface area (Å²) in [7, 11) is 0. The third kappa shape index (κ3) is 3.49. The van der Waals surface area contributed by atoms with Gasteiger partial charge in [-0.25, -0.2) is 4.98 Å². The van der Waals surface area contributed by atoms with E-state index in [1.54, 1.807) is 15.5 Å². The molecule has 2 heterocycles. The molecule has 0 radical (unpaired) electrons. The van der Waals surface area contributed by atoms with Crippen molar-refractivity contribution in [2.24, 2.45) is 0 Å². The minimum Gasteiger partial charge on any atom is -0.308 e. The van der Waals surface area contributed by atoms with E-state index in [1.165, 1.54) is 0 Å². The largest absolute Gasteiger partial charge is 0.308 e. The zero-order valence-electron chi connectivity index (χ0n) is 17.0. The van der Waals surface area contributed by atoms with Crippen molar-refractivity contribution in [3.05, 3.63) is 96.5 Å². The number of carbonyl (C=O) groups is 1. The summed E-state index contributed by atoms with van der Waals surface area (Å²) in [6.07, 6.45) is 1.73. The molecule has 1 amide bonds. The molecular weight excluding hydrogens is 581 g/mol. The molecule has 1 aliphatic rings. The molecule has 0 bridgehead atoms. The van der Waals surface area contributed by atoms with Gasteiger partial charge in [-0.15, -0.1) is 0 Å². The number of aromatic nitrogens is 2. The molecule has 32 heavy (non-hydrogen) atoms. The monoisotopic (exact) mass is 597 g/mol. The highest BCUT2D eigenvalue weighted by atomic mass is 127. The topological polar surface area (TPSA) is 55.2 Å². The average molecular weight is 598 g/mol. The van der Waals surface area contributed by atoms with Gasteiger partial charge in [0.1, 0.15) is 5.82 Å². The lowest BCUT2D eigenvalue weighted by Crippen LogP contribution is -2.26. The van der Waals surface area contributed by atoms with Crippen molar-refractivity contribution < 1.29 is 4.79 Å². The number of halogens is 2. The van der Waals surface area contributed by atoms with Gasteiger partial charge in [-0.3, -0.25) is 14.2 Å². The molecule has 158 valence electrons. The first-order valence-corrected chi connectivity index (χ1v) is 12.0. The zero-order valence-corrected chi connectivity index (χ0v) is 20.8. The van der Waals surface area contributed by atoms with Crippen LogP contribution in [0.4, 0.5) is 5.69 Å². The standard InChI is InChI=1S/C25H17BrIN3O2/c1-2-29-22-11-8-15(26)12-18(22)19(24(29)31)14-23-28-21-10-9-16(27)13-20(21)25(32)30(23)17-6-4-3-5-7-17/h3-14H,2H2,1H3. The summed E-state index contributed by atoms with van der Waals surface area (Å²) in [5, 5.41) is 0.541. The van der Waals surface area contributed by atoms with Crippen LogP contribution in [0.2, 0.25) is 0 Å². The summed E-state index contributed by atoms with van der Waals surface area (Å²) >= 11 is 5.70. The van der Waals surface area contributed by atoms with Crippen LogP contribution >= 0.6 is 38.5 Å². The van der Waals surface area contributed by atoms with Gasteiger partial charge in [-0.05, 0) is 84.1 Å². The second-order valence-electron chi connectivity index (χ2n) is 7.38. The van der Waals surface area contributed by atoms with Gasteiger partial charge >= 0.3 is 0 Å². The van der Waals surface area contributed by atoms with Gasteiger partial charge in [0.05, 0.1) is 27.9 Å². The highest BCUT2D eigenvalue weighted by Gasteiger charge is 2.32. The lowest BCUT2D eigenvalue weighted by atomic mass is 10.1. The Kier molecular flexibility index (Phi) is 5.46. The van der Waals surface area contributed by atoms with E-state index in [1.807, 2.05) is 73.7 Å². The fourth-order valence-corrected chi connectivity index (χ4v) is 4.86. The van der Waals surface area contributed by atoms with Crippen LogP contribution in [-0.4, -0.2) is 22.0 Å². The molecule has 0 atom stereocenters. The molecule has 0 saturated carbocycles. The van der Waals surface area contributed by atoms with Gasteiger partial charge in [0.15, 0.2) is 0 Å². The molecule has 7 heteroatoms. The van der Waals surface area contributed by atoms with Crippen LogP contribution in [0.15, 0.2) is 76.0 Å². The summed E-state index contributed by atoms with van der Waals surface area (Å²) < 4.78 is 3.42. The van der Waals surface area contributed by atoms with Crippen molar-refractivity contribution in [3.8, 4) is 5.69 Å². The first-order chi connectivity index (χ1) is 15.5. The molecule has 1 aromatic heterocycles. The number of fused-ring (bicyclic) bond motifs is 2.